The van der Waals surface area contributed by atoms with Gasteiger partial charge in [0.1, 0.15) is 5.82 Å². The highest BCUT2D eigenvalue weighted by molar-refractivity contribution is 6.04. The van der Waals surface area contributed by atoms with Crippen molar-refractivity contribution >= 4 is 29.0 Å². The van der Waals surface area contributed by atoms with Crippen molar-refractivity contribution in [1.29, 1.82) is 0 Å². The Morgan fingerprint density at radius 3 is 2.07 bits per heavy atom. The molecule has 3 aromatic rings. The Labute approximate surface area is 178 Å². The van der Waals surface area contributed by atoms with E-state index >= 15 is 0 Å². The summed E-state index contributed by atoms with van der Waals surface area (Å²) in [7, 11) is 3.89. The highest BCUT2D eigenvalue weighted by Gasteiger charge is 2.14. The van der Waals surface area contributed by atoms with Gasteiger partial charge in [0.15, 0.2) is 0 Å². The average Bonchev–Trinajstić information content (AvgIpc) is 2.68. The molecule has 6 heteroatoms. The number of aryl methyl sites for hydroxylation is 1. The van der Waals surface area contributed by atoms with Crippen molar-refractivity contribution < 1.29 is 4.79 Å². The minimum atomic E-state index is -0.131. The molecular formula is C24H29N5O. The number of rotatable bonds is 5. The first-order valence-corrected chi connectivity index (χ1v) is 9.94. The zero-order chi connectivity index (χ0) is 21.9. The van der Waals surface area contributed by atoms with Gasteiger partial charge in [0.25, 0.3) is 5.91 Å². The van der Waals surface area contributed by atoms with E-state index in [-0.39, 0.29) is 11.3 Å². The topological polar surface area (TPSA) is 70.2 Å². The van der Waals surface area contributed by atoms with Crippen LogP contribution in [0, 0.1) is 6.92 Å². The molecule has 0 spiro atoms. The second-order valence-corrected chi connectivity index (χ2v) is 8.57. The molecular weight excluding hydrogens is 374 g/mol. The molecule has 0 fully saturated rings. The van der Waals surface area contributed by atoms with Gasteiger partial charge >= 0.3 is 0 Å². The predicted molar refractivity (Wildman–Crippen MR) is 124 cm³/mol. The monoisotopic (exact) mass is 403 g/mol. The maximum Gasteiger partial charge on any atom is 0.255 e. The Hall–Kier alpha value is -3.41. The molecule has 30 heavy (non-hydrogen) atoms. The summed E-state index contributed by atoms with van der Waals surface area (Å²) in [5.74, 6) is 1.24. The van der Waals surface area contributed by atoms with E-state index in [0.29, 0.717) is 11.5 Å². The number of nitrogens with one attached hydrogen (secondary N) is 2. The normalized spacial score (nSPS) is 11.1. The van der Waals surface area contributed by atoms with Gasteiger partial charge in [0.05, 0.1) is 0 Å². The number of nitrogens with zero attached hydrogens (tertiary/aromatic N) is 3. The molecule has 2 aromatic carbocycles. The predicted octanol–water partition coefficient (Wildman–Crippen LogP) is 5.14. The van der Waals surface area contributed by atoms with E-state index in [2.05, 4.69) is 41.4 Å². The summed E-state index contributed by atoms with van der Waals surface area (Å²) >= 11 is 0. The molecule has 0 saturated carbocycles. The van der Waals surface area contributed by atoms with E-state index < -0.39 is 0 Å². The zero-order valence-electron chi connectivity index (χ0n) is 18.4. The lowest BCUT2D eigenvalue weighted by atomic mass is 9.87. The lowest BCUT2D eigenvalue weighted by Crippen LogP contribution is -2.14. The molecule has 0 bridgehead atoms. The zero-order valence-corrected chi connectivity index (χ0v) is 18.4. The van der Waals surface area contributed by atoms with Gasteiger partial charge in [-0.1, -0.05) is 32.9 Å². The maximum absolute atomic E-state index is 12.5. The molecule has 1 aromatic heterocycles. The first-order valence-electron chi connectivity index (χ1n) is 9.94. The van der Waals surface area contributed by atoms with E-state index in [1.54, 1.807) is 0 Å². The smallest absolute Gasteiger partial charge is 0.255 e. The van der Waals surface area contributed by atoms with Crippen molar-refractivity contribution in [2.45, 2.75) is 33.1 Å². The lowest BCUT2D eigenvalue weighted by molar-refractivity contribution is 0.102. The van der Waals surface area contributed by atoms with Crippen LogP contribution < -0.4 is 15.5 Å². The maximum atomic E-state index is 12.5. The van der Waals surface area contributed by atoms with E-state index in [1.165, 1.54) is 5.56 Å². The summed E-state index contributed by atoms with van der Waals surface area (Å²) in [5, 5.41) is 6.15. The number of anilines is 4. The Morgan fingerprint density at radius 2 is 1.50 bits per heavy atom. The van der Waals surface area contributed by atoms with Crippen molar-refractivity contribution in [2.24, 2.45) is 0 Å². The van der Waals surface area contributed by atoms with Crippen LogP contribution in [0.4, 0.5) is 23.1 Å². The van der Waals surface area contributed by atoms with E-state index in [9.17, 15) is 4.79 Å². The number of amides is 1. The quantitative estimate of drug-likeness (QED) is 0.617. The molecule has 0 saturated heterocycles. The van der Waals surface area contributed by atoms with Crippen LogP contribution in [0.15, 0.2) is 54.6 Å². The number of hydrogen-bond donors (Lipinski definition) is 2. The second kappa shape index (κ2) is 8.53. The minimum Gasteiger partial charge on any atom is -0.363 e. The van der Waals surface area contributed by atoms with Gasteiger partial charge in [-0.3, -0.25) is 4.79 Å². The summed E-state index contributed by atoms with van der Waals surface area (Å²) in [6.45, 7) is 8.40. The molecule has 1 heterocycles. The fraction of sp³-hybridized carbons (Fsp3) is 0.292. The summed E-state index contributed by atoms with van der Waals surface area (Å²) in [4.78, 5) is 23.4. The van der Waals surface area contributed by atoms with Crippen molar-refractivity contribution in [3.63, 3.8) is 0 Å². The SMILES string of the molecule is Cc1cc(N(C)C)nc(Nc2ccc(NC(=O)c3ccc(C(C)(C)C)cc3)cc2)n1. The van der Waals surface area contributed by atoms with Gasteiger partial charge < -0.3 is 15.5 Å². The van der Waals surface area contributed by atoms with E-state index in [1.807, 2.05) is 80.5 Å². The van der Waals surface area contributed by atoms with Gasteiger partial charge in [0, 0.05) is 42.8 Å². The number of aromatic nitrogens is 2. The number of carbonyl (C=O) groups excluding carboxylic acids is 1. The largest absolute Gasteiger partial charge is 0.363 e. The molecule has 3 rings (SSSR count). The Kier molecular flexibility index (Phi) is 6.06. The summed E-state index contributed by atoms with van der Waals surface area (Å²) in [6, 6.07) is 17.2. The van der Waals surface area contributed by atoms with Crippen LogP contribution in [0.5, 0.6) is 0 Å². The van der Waals surface area contributed by atoms with Crippen LogP contribution in [0.1, 0.15) is 42.4 Å². The van der Waals surface area contributed by atoms with Crippen molar-refractivity contribution in [2.75, 3.05) is 29.6 Å². The highest BCUT2D eigenvalue weighted by Crippen LogP contribution is 2.23. The Balaban J connectivity index is 1.67. The molecule has 1 amide bonds. The standard InChI is InChI=1S/C24H29N5O/c1-16-15-21(29(5)6)28-23(25-16)27-20-13-11-19(12-14-20)26-22(30)17-7-9-18(10-8-17)24(2,3)4/h7-15H,1-6H3,(H,26,30)(H,25,27,28). The van der Waals surface area contributed by atoms with Gasteiger partial charge in [0.2, 0.25) is 5.95 Å². The third-order valence-corrected chi connectivity index (χ3v) is 4.71. The van der Waals surface area contributed by atoms with Crippen LogP contribution in [-0.2, 0) is 5.41 Å². The molecule has 156 valence electrons. The van der Waals surface area contributed by atoms with Crippen LogP contribution in [0.2, 0.25) is 0 Å². The van der Waals surface area contributed by atoms with Gasteiger partial charge in [-0.15, -0.1) is 0 Å². The van der Waals surface area contributed by atoms with Crippen LogP contribution >= 0.6 is 0 Å². The van der Waals surface area contributed by atoms with Crippen LogP contribution in [0.25, 0.3) is 0 Å². The first-order chi connectivity index (χ1) is 14.1. The van der Waals surface area contributed by atoms with Gasteiger partial charge in [-0.2, -0.15) is 4.98 Å². The lowest BCUT2D eigenvalue weighted by Gasteiger charge is -2.19. The van der Waals surface area contributed by atoms with Crippen LogP contribution in [0.3, 0.4) is 0 Å². The number of carbonyl (C=O) groups is 1. The Morgan fingerprint density at radius 1 is 0.900 bits per heavy atom. The third-order valence-electron chi connectivity index (χ3n) is 4.71. The number of hydrogen-bond acceptors (Lipinski definition) is 5. The van der Waals surface area contributed by atoms with Crippen LogP contribution in [-0.4, -0.2) is 30.0 Å². The average molecular weight is 404 g/mol. The number of benzene rings is 2. The van der Waals surface area contributed by atoms with Gasteiger partial charge in [-0.25, -0.2) is 4.98 Å². The molecule has 0 unspecified atom stereocenters. The molecule has 6 nitrogen and oxygen atoms in total. The summed E-state index contributed by atoms with van der Waals surface area (Å²) in [5.41, 5.74) is 4.35. The second-order valence-electron chi connectivity index (χ2n) is 8.57. The van der Waals surface area contributed by atoms with Crippen molar-refractivity contribution in [3.8, 4) is 0 Å². The summed E-state index contributed by atoms with van der Waals surface area (Å²) in [6.07, 6.45) is 0. The fourth-order valence-electron chi connectivity index (χ4n) is 2.93. The van der Waals surface area contributed by atoms with Gasteiger partial charge in [-0.05, 0) is 54.3 Å². The van der Waals surface area contributed by atoms with E-state index in [0.717, 1.165) is 22.9 Å². The molecule has 0 aliphatic rings. The highest BCUT2D eigenvalue weighted by atomic mass is 16.1. The molecule has 0 aliphatic heterocycles. The molecule has 0 atom stereocenters. The fourth-order valence-corrected chi connectivity index (χ4v) is 2.93. The van der Waals surface area contributed by atoms with Crippen molar-refractivity contribution in [3.05, 3.63) is 71.4 Å². The first kappa shape index (κ1) is 21.3. The van der Waals surface area contributed by atoms with Crippen molar-refractivity contribution in [1.82, 2.24) is 9.97 Å². The minimum absolute atomic E-state index is 0.0617. The molecule has 2 N–H and O–H groups in total. The molecule has 0 radical (unpaired) electrons. The molecule has 0 aliphatic carbocycles. The Bertz CT molecular complexity index is 1020. The van der Waals surface area contributed by atoms with E-state index in [4.69, 9.17) is 0 Å². The summed E-state index contributed by atoms with van der Waals surface area (Å²) < 4.78 is 0. The third kappa shape index (κ3) is 5.35.